The second kappa shape index (κ2) is 14.0. The Morgan fingerprint density at radius 3 is 2.85 bits per heavy atom. The summed E-state index contributed by atoms with van der Waals surface area (Å²) < 4.78 is 10.8. The number of aliphatic imine (C=N–C) groups is 1. The first-order chi connectivity index (χ1) is 12.7. The van der Waals surface area contributed by atoms with Crippen molar-refractivity contribution in [1.29, 1.82) is 0 Å². The van der Waals surface area contributed by atoms with Gasteiger partial charge in [0.1, 0.15) is 0 Å². The SMILES string of the molecule is CN=C(NCCN(C)CCCOC)NCc1ccnc(OCC2CC2)c1.I. The van der Waals surface area contributed by atoms with Crippen molar-refractivity contribution in [2.24, 2.45) is 10.9 Å². The maximum Gasteiger partial charge on any atom is 0.213 e. The number of nitrogens with zero attached hydrogens (tertiary/aromatic N) is 3. The largest absolute Gasteiger partial charge is 0.477 e. The Morgan fingerprint density at radius 1 is 1.33 bits per heavy atom. The van der Waals surface area contributed by atoms with Crippen LogP contribution in [-0.2, 0) is 11.3 Å². The first-order valence-corrected chi connectivity index (χ1v) is 9.41. The van der Waals surface area contributed by atoms with Gasteiger partial charge in [-0.05, 0) is 43.9 Å². The van der Waals surface area contributed by atoms with Crippen LogP contribution < -0.4 is 15.4 Å². The highest BCUT2D eigenvalue weighted by Gasteiger charge is 2.22. The molecule has 1 saturated carbocycles. The minimum Gasteiger partial charge on any atom is -0.477 e. The van der Waals surface area contributed by atoms with Crippen molar-refractivity contribution in [2.75, 3.05) is 54.1 Å². The first-order valence-electron chi connectivity index (χ1n) is 9.41. The van der Waals surface area contributed by atoms with Gasteiger partial charge in [-0.25, -0.2) is 4.98 Å². The zero-order valence-electron chi connectivity index (χ0n) is 16.7. The highest BCUT2D eigenvalue weighted by Crippen LogP contribution is 2.29. The number of nitrogens with one attached hydrogen (secondary N) is 2. The smallest absolute Gasteiger partial charge is 0.213 e. The van der Waals surface area contributed by atoms with Gasteiger partial charge in [0.2, 0.25) is 5.88 Å². The number of rotatable bonds is 12. The van der Waals surface area contributed by atoms with Gasteiger partial charge in [0.05, 0.1) is 6.61 Å². The van der Waals surface area contributed by atoms with E-state index in [1.165, 1.54) is 12.8 Å². The van der Waals surface area contributed by atoms with E-state index in [2.05, 4.69) is 32.6 Å². The van der Waals surface area contributed by atoms with Crippen LogP contribution in [0, 0.1) is 5.92 Å². The van der Waals surface area contributed by atoms with Crippen molar-refractivity contribution in [2.45, 2.75) is 25.8 Å². The van der Waals surface area contributed by atoms with Crippen LogP contribution in [0.25, 0.3) is 0 Å². The topological polar surface area (TPSA) is 71.0 Å². The van der Waals surface area contributed by atoms with Crippen LogP contribution in [0.5, 0.6) is 5.88 Å². The third-order valence-corrected chi connectivity index (χ3v) is 4.32. The van der Waals surface area contributed by atoms with Crippen molar-refractivity contribution in [3.8, 4) is 5.88 Å². The van der Waals surface area contributed by atoms with Gasteiger partial charge in [-0.1, -0.05) is 0 Å². The molecule has 27 heavy (non-hydrogen) atoms. The van der Waals surface area contributed by atoms with Gasteiger partial charge in [0.15, 0.2) is 5.96 Å². The zero-order chi connectivity index (χ0) is 18.6. The van der Waals surface area contributed by atoms with Crippen molar-refractivity contribution in [3.63, 3.8) is 0 Å². The lowest BCUT2D eigenvalue weighted by atomic mass is 10.2. The van der Waals surface area contributed by atoms with E-state index in [1.54, 1.807) is 20.4 Å². The summed E-state index contributed by atoms with van der Waals surface area (Å²) in [5.41, 5.74) is 1.13. The molecular formula is C19H34IN5O2. The van der Waals surface area contributed by atoms with E-state index in [4.69, 9.17) is 9.47 Å². The normalized spacial score (nSPS) is 14.0. The summed E-state index contributed by atoms with van der Waals surface area (Å²) in [4.78, 5) is 10.8. The maximum absolute atomic E-state index is 5.74. The average molecular weight is 491 g/mol. The fourth-order valence-electron chi connectivity index (χ4n) is 2.49. The summed E-state index contributed by atoms with van der Waals surface area (Å²) in [6, 6.07) is 3.99. The molecule has 1 heterocycles. The second-order valence-corrected chi connectivity index (χ2v) is 6.76. The number of guanidine groups is 1. The molecule has 0 aromatic carbocycles. The van der Waals surface area contributed by atoms with E-state index in [9.17, 15) is 0 Å². The van der Waals surface area contributed by atoms with E-state index in [0.29, 0.717) is 12.4 Å². The lowest BCUT2D eigenvalue weighted by Crippen LogP contribution is -2.40. The molecule has 0 bridgehead atoms. The van der Waals surface area contributed by atoms with Crippen molar-refractivity contribution < 1.29 is 9.47 Å². The summed E-state index contributed by atoms with van der Waals surface area (Å²) >= 11 is 0. The third-order valence-electron chi connectivity index (χ3n) is 4.32. The average Bonchev–Trinajstić information content (AvgIpc) is 3.48. The summed E-state index contributed by atoms with van der Waals surface area (Å²) in [5.74, 6) is 2.23. The Bertz CT molecular complexity index is 555. The molecule has 2 N–H and O–H groups in total. The van der Waals surface area contributed by atoms with Gasteiger partial charge in [-0.15, -0.1) is 24.0 Å². The van der Waals surface area contributed by atoms with Crippen LogP contribution in [0.4, 0.5) is 0 Å². The number of ether oxygens (including phenoxy) is 2. The van der Waals surface area contributed by atoms with Crippen LogP contribution in [0.15, 0.2) is 23.3 Å². The highest BCUT2D eigenvalue weighted by molar-refractivity contribution is 14.0. The van der Waals surface area contributed by atoms with Crippen LogP contribution in [-0.4, -0.2) is 69.9 Å². The number of hydrogen-bond donors (Lipinski definition) is 2. The number of aromatic nitrogens is 1. The van der Waals surface area contributed by atoms with Gasteiger partial charge < -0.3 is 25.0 Å². The molecule has 7 nitrogen and oxygen atoms in total. The lowest BCUT2D eigenvalue weighted by molar-refractivity contribution is 0.180. The predicted octanol–water partition coefficient (Wildman–Crippen LogP) is 2.12. The van der Waals surface area contributed by atoms with E-state index in [1.807, 2.05) is 12.1 Å². The van der Waals surface area contributed by atoms with Gasteiger partial charge in [0.25, 0.3) is 0 Å². The molecule has 0 amide bonds. The molecular weight excluding hydrogens is 457 g/mol. The molecule has 0 aliphatic heterocycles. The summed E-state index contributed by atoms with van der Waals surface area (Å²) in [7, 11) is 5.64. The molecule has 0 saturated heterocycles. The molecule has 8 heteroatoms. The second-order valence-electron chi connectivity index (χ2n) is 6.76. The maximum atomic E-state index is 5.74. The molecule has 1 aromatic heterocycles. The molecule has 0 atom stereocenters. The van der Waals surface area contributed by atoms with E-state index >= 15 is 0 Å². The number of hydrogen-bond acceptors (Lipinski definition) is 5. The monoisotopic (exact) mass is 491 g/mol. The number of pyridine rings is 1. The van der Waals surface area contributed by atoms with Crippen LogP contribution in [0.1, 0.15) is 24.8 Å². The van der Waals surface area contributed by atoms with Crippen LogP contribution in [0.2, 0.25) is 0 Å². The minimum absolute atomic E-state index is 0. The Balaban J connectivity index is 0.00000364. The zero-order valence-corrected chi connectivity index (χ0v) is 19.1. The number of halogens is 1. The molecule has 1 aliphatic carbocycles. The van der Waals surface area contributed by atoms with E-state index < -0.39 is 0 Å². The number of likely N-dealkylation sites (N-methyl/N-ethyl adjacent to an activating group) is 1. The first kappa shape index (κ1) is 23.9. The predicted molar refractivity (Wildman–Crippen MR) is 120 cm³/mol. The Labute approximate surface area is 180 Å². The van der Waals surface area contributed by atoms with Gasteiger partial charge in [-0.3, -0.25) is 4.99 Å². The van der Waals surface area contributed by atoms with Crippen molar-refractivity contribution in [1.82, 2.24) is 20.5 Å². The van der Waals surface area contributed by atoms with Crippen LogP contribution in [0.3, 0.4) is 0 Å². The van der Waals surface area contributed by atoms with Crippen molar-refractivity contribution in [3.05, 3.63) is 23.9 Å². The highest BCUT2D eigenvalue weighted by atomic mass is 127. The van der Waals surface area contributed by atoms with Gasteiger partial charge >= 0.3 is 0 Å². The van der Waals surface area contributed by atoms with Crippen molar-refractivity contribution >= 4 is 29.9 Å². The summed E-state index contributed by atoms with van der Waals surface area (Å²) in [6.45, 7) is 5.10. The molecule has 0 radical (unpaired) electrons. The van der Waals surface area contributed by atoms with E-state index in [-0.39, 0.29) is 24.0 Å². The standard InChI is InChI=1S/C19H33N5O2.HI/c1-20-19(22-9-11-24(2)10-4-12-25-3)23-14-17-7-8-21-18(13-17)26-15-16-5-6-16;/h7-8,13,16H,4-6,9-12,14-15H2,1-3H3,(H2,20,22,23);1H. The fourth-order valence-corrected chi connectivity index (χ4v) is 2.49. The molecule has 0 spiro atoms. The Kier molecular flexibility index (Phi) is 12.4. The summed E-state index contributed by atoms with van der Waals surface area (Å²) in [5, 5.41) is 6.68. The molecule has 2 rings (SSSR count). The number of methoxy groups -OCH3 is 1. The fraction of sp³-hybridized carbons (Fsp3) is 0.684. The quantitative estimate of drug-likeness (QED) is 0.202. The van der Waals surface area contributed by atoms with Crippen LogP contribution >= 0.6 is 24.0 Å². The molecule has 1 aliphatic rings. The Hall–Kier alpha value is -1.13. The lowest BCUT2D eigenvalue weighted by Gasteiger charge is -2.18. The third kappa shape index (κ3) is 10.7. The van der Waals surface area contributed by atoms with E-state index in [0.717, 1.165) is 56.7 Å². The molecule has 0 unspecified atom stereocenters. The molecule has 1 aromatic rings. The molecule has 154 valence electrons. The minimum atomic E-state index is 0. The Morgan fingerprint density at radius 2 is 2.15 bits per heavy atom. The van der Waals surface area contributed by atoms with Gasteiger partial charge in [-0.2, -0.15) is 0 Å². The summed E-state index contributed by atoms with van der Waals surface area (Å²) in [6.07, 6.45) is 5.41. The van der Waals surface area contributed by atoms with Gasteiger partial charge in [0, 0.05) is 59.2 Å². The molecule has 1 fully saturated rings.